The second-order valence-electron chi connectivity index (χ2n) is 4.48. The molecule has 1 aromatic rings. The van der Waals surface area contributed by atoms with Gasteiger partial charge in [0.05, 0.1) is 6.54 Å². The van der Waals surface area contributed by atoms with Crippen LogP contribution in [-0.4, -0.2) is 45.8 Å². The summed E-state index contributed by atoms with van der Waals surface area (Å²) in [5, 5.41) is 7.69. The van der Waals surface area contributed by atoms with E-state index in [9.17, 15) is 0 Å². The summed E-state index contributed by atoms with van der Waals surface area (Å²) >= 11 is 0. The quantitative estimate of drug-likeness (QED) is 0.789. The fourth-order valence-corrected chi connectivity index (χ4v) is 2.27. The molecule has 1 N–H and O–H groups in total. The summed E-state index contributed by atoms with van der Waals surface area (Å²) in [4.78, 5) is 6.61. The van der Waals surface area contributed by atoms with E-state index in [0.717, 1.165) is 25.5 Å². The van der Waals surface area contributed by atoms with Crippen LogP contribution in [0.4, 0.5) is 0 Å². The number of aryl methyl sites for hydroxylation is 1. The normalized spacial score (nSPS) is 20.8. The van der Waals surface area contributed by atoms with E-state index in [1.165, 1.54) is 19.4 Å². The highest BCUT2D eigenvalue weighted by Crippen LogP contribution is 2.07. The summed E-state index contributed by atoms with van der Waals surface area (Å²) in [6.07, 6.45) is 4.24. The van der Waals surface area contributed by atoms with Gasteiger partial charge >= 0.3 is 0 Å². The molecule has 0 aromatic carbocycles. The van der Waals surface area contributed by atoms with Gasteiger partial charge in [-0.2, -0.15) is 5.10 Å². The molecule has 0 radical (unpaired) electrons. The van der Waals surface area contributed by atoms with Gasteiger partial charge in [-0.1, -0.05) is 0 Å². The average molecular weight is 223 g/mol. The van der Waals surface area contributed by atoms with Gasteiger partial charge in [-0.15, -0.1) is 0 Å². The van der Waals surface area contributed by atoms with Gasteiger partial charge in [-0.05, 0) is 33.4 Å². The number of nitrogens with one attached hydrogen (secondary N) is 1. The monoisotopic (exact) mass is 223 g/mol. The molecular formula is C11H21N5. The number of nitrogens with zero attached hydrogens (tertiary/aromatic N) is 4. The zero-order chi connectivity index (χ0) is 11.4. The molecule has 0 aliphatic carbocycles. The third kappa shape index (κ3) is 2.80. The van der Waals surface area contributed by atoms with E-state index < -0.39 is 0 Å². The maximum Gasteiger partial charge on any atom is 0.140 e. The molecule has 1 aliphatic rings. The molecule has 0 amide bonds. The highest BCUT2D eigenvalue weighted by Gasteiger charge is 2.16. The van der Waals surface area contributed by atoms with Crippen LogP contribution in [0, 0.1) is 0 Å². The first-order valence-electron chi connectivity index (χ1n) is 6.08. The topological polar surface area (TPSA) is 46.0 Å². The summed E-state index contributed by atoms with van der Waals surface area (Å²) in [5.74, 6) is 1.06. The van der Waals surface area contributed by atoms with E-state index in [-0.39, 0.29) is 0 Å². The van der Waals surface area contributed by atoms with Crippen LogP contribution in [0.25, 0.3) is 0 Å². The molecule has 1 fully saturated rings. The molecule has 1 saturated heterocycles. The van der Waals surface area contributed by atoms with Crippen molar-refractivity contribution >= 4 is 0 Å². The molecule has 1 aromatic heterocycles. The lowest BCUT2D eigenvalue weighted by atomic mass is 10.2. The van der Waals surface area contributed by atoms with E-state index in [1.54, 1.807) is 6.33 Å². The first-order chi connectivity index (χ1) is 7.79. The van der Waals surface area contributed by atoms with Crippen molar-refractivity contribution in [3.63, 3.8) is 0 Å². The van der Waals surface area contributed by atoms with E-state index in [2.05, 4.69) is 34.3 Å². The Bertz CT molecular complexity index is 316. The Balaban J connectivity index is 1.84. The van der Waals surface area contributed by atoms with Crippen molar-refractivity contribution in [2.75, 3.05) is 20.1 Å². The number of hydrogen-bond donors (Lipinski definition) is 1. The van der Waals surface area contributed by atoms with Crippen LogP contribution in [0.3, 0.4) is 0 Å². The van der Waals surface area contributed by atoms with Crippen LogP contribution in [0.5, 0.6) is 0 Å². The van der Waals surface area contributed by atoms with Crippen molar-refractivity contribution in [2.45, 2.75) is 38.9 Å². The fraction of sp³-hybridized carbons (Fsp3) is 0.818. The second-order valence-corrected chi connectivity index (χ2v) is 4.48. The molecule has 1 atom stereocenters. The summed E-state index contributed by atoms with van der Waals surface area (Å²) in [6, 6.07) is 0.656. The summed E-state index contributed by atoms with van der Waals surface area (Å²) in [6.45, 7) is 6.13. The zero-order valence-electron chi connectivity index (χ0n) is 10.2. The lowest BCUT2D eigenvalue weighted by Crippen LogP contribution is -2.35. The third-order valence-electron chi connectivity index (χ3n) is 3.10. The van der Waals surface area contributed by atoms with Crippen molar-refractivity contribution in [1.29, 1.82) is 0 Å². The van der Waals surface area contributed by atoms with Crippen molar-refractivity contribution in [3.05, 3.63) is 12.2 Å². The maximum absolute atomic E-state index is 4.29. The molecule has 16 heavy (non-hydrogen) atoms. The van der Waals surface area contributed by atoms with Gasteiger partial charge in [-0.25, -0.2) is 9.67 Å². The fourth-order valence-electron chi connectivity index (χ4n) is 2.27. The molecular weight excluding hydrogens is 202 g/mol. The van der Waals surface area contributed by atoms with Crippen molar-refractivity contribution in [2.24, 2.45) is 0 Å². The first-order valence-corrected chi connectivity index (χ1v) is 6.08. The Labute approximate surface area is 96.8 Å². The molecule has 1 aliphatic heterocycles. The molecule has 90 valence electrons. The number of likely N-dealkylation sites (N-methyl/N-ethyl adjacent to an activating group) is 1. The smallest absolute Gasteiger partial charge is 0.140 e. The van der Waals surface area contributed by atoms with Crippen molar-refractivity contribution in [3.8, 4) is 0 Å². The number of rotatable bonds is 5. The van der Waals surface area contributed by atoms with Crippen LogP contribution in [0.2, 0.25) is 0 Å². The van der Waals surface area contributed by atoms with Crippen LogP contribution >= 0.6 is 0 Å². The van der Waals surface area contributed by atoms with Crippen molar-refractivity contribution in [1.82, 2.24) is 25.0 Å². The standard InChI is InChI=1S/C11H21N5/c1-3-16-11(13-9-14-16)8-15(2)7-10-5-4-6-12-10/h9-10,12H,3-8H2,1-2H3. The first kappa shape index (κ1) is 11.5. The maximum atomic E-state index is 4.29. The summed E-state index contributed by atoms with van der Waals surface area (Å²) in [5.41, 5.74) is 0. The largest absolute Gasteiger partial charge is 0.313 e. The van der Waals surface area contributed by atoms with E-state index in [1.807, 2.05) is 4.68 Å². The Morgan fingerprint density at radius 2 is 2.50 bits per heavy atom. The van der Waals surface area contributed by atoms with Gasteiger partial charge in [0.2, 0.25) is 0 Å². The third-order valence-corrected chi connectivity index (χ3v) is 3.10. The lowest BCUT2D eigenvalue weighted by Gasteiger charge is -2.20. The van der Waals surface area contributed by atoms with Crippen LogP contribution in [0.15, 0.2) is 6.33 Å². The predicted octanol–water partition coefficient (Wildman–Crippen LogP) is 0.482. The minimum atomic E-state index is 0.656. The Morgan fingerprint density at radius 1 is 1.62 bits per heavy atom. The minimum absolute atomic E-state index is 0.656. The van der Waals surface area contributed by atoms with Gasteiger partial charge < -0.3 is 5.32 Å². The lowest BCUT2D eigenvalue weighted by molar-refractivity contribution is 0.281. The Hall–Kier alpha value is -0.940. The Kier molecular flexibility index (Phi) is 3.90. The highest BCUT2D eigenvalue weighted by molar-refractivity contribution is 4.85. The highest BCUT2D eigenvalue weighted by atomic mass is 15.3. The number of hydrogen-bond acceptors (Lipinski definition) is 4. The molecule has 0 spiro atoms. The van der Waals surface area contributed by atoms with E-state index in [4.69, 9.17) is 0 Å². The molecule has 5 heteroatoms. The van der Waals surface area contributed by atoms with E-state index >= 15 is 0 Å². The Morgan fingerprint density at radius 3 is 3.19 bits per heavy atom. The van der Waals surface area contributed by atoms with Gasteiger partial charge in [0.25, 0.3) is 0 Å². The van der Waals surface area contributed by atoms with E-state index in [0.29, 0.717) is 6.04 Å². The van der Waals surface area contributed by atoms with Gasteiger partial charge in [0.1, 0.15) is 12.2 Å². The van der Waals surface area contributed by atoms with Crippen molar-refractivity contribution < 1.29 is 0 Å². The van der Waals surface area contributed by atoms with Crippen LogP contribution in [0.1, 0.15) is 25.6 Å². The molecule has 2 rings (SSSR count). The SMILES string of the molecule is CCn1ncnc1CN(C)CC1CCCN1. The molecule has 0 saturated carbocycles. The zero-order valence-corrected chi connectivity index (χ0v) is 10.2. The second kappa shape index (κ2) is 5.41. The predicted molar refractivity (Wildman–Crippen MR) is 63.1 cm³/mol. The van der Waals surface area contributed by atoms with Gasteiger partial charge in [0, 0.05) is 19.1 Å². The molecule has 0 bridgehead atoms. The molecule has 5 nitrogen and oxygen atoms in total. The van der Waals surface area contributed by atoms with Gasteiger partial charge in [-0.3, -0.25) is 4.90 Å². The summed E-state index contributed by atoms with van der Waals surface area (Å²) in [7, 11) is 2.15. The van der Waals surface area contributed by atoms with Gasteiger partial charge in [0.15, 0.2) is 0 Å². The molecule has 1 unspecified atom stereocenters. The molecule has 2 heterocycles. The average Bonchev–Trinajstić information content (AvgIpc) is 2.88. The number of aromatic nitrogens is 3. The minimum Gasteiger partial charge on any atom is -0.313 e. The summed E-state index contributed by atoms with van der Waals surface area (Å²) < 4.78 is 1.96. The van der Waals surface area contributed by atoms with Crippen LogP contribution < -0.4 is 5.32 Å². The van der Waals surface area contributed by atoms with Crippen LogP contribution in [-0.2, 0) is 13.1 Å².